The molecule has 0 bridgehead atoms. The van der Waals surface area contributed by atoms with E-state index in [1.165, 1.54) is 19.1 Å². The van der Waals surface area contributed by atoms with Crippen molar-refractivity contribution in [1.29, 1.82) is 0 Å². The van der Waals surface area contributed by atoms with Gasteiger partial charge in [-0.05, 0) is 31.5 Å². The van der Waals surface area contributed by atoms with Crippen molar-refractivity contribution in [1.82, 2.24) is 10.6 Å². The number of hydrogen-bond acceptors (Lipinski definition) is 3. The molecule has 1 aromatic carbocycles. The lowest BCUT2D eigenvalue weighted by Gasteiger charge is -2.28. The molecular weight excluding hydrogens is 313 g/mol. The third-order valence-corrected chi connectivity index (χ3v) is 3.31. The highest BCUT2D eigenvalue weighted by Crippen LogP contribution is 2.33. The third-order valence-electron chi connectivity index (χ3n) is 3.31. The molecule has 0 spiro atoms. The zero-order valence-electron chi connectivity index (χ0n) is 12.5. The third kappa shape index (κ3) is 3.64. The molecule has 0 radical (unpaired) electrons. The number of esters is 1. The quantitative estimate of drug-likeness (QED) is 0.839. The minimum atomic E-state index is -4.52. The molecule has 124 valence electrons. The van der Waals surface area contributed by atoms with Gasteiger partial charge in [-0.2, -0.15) is 13.2 Å². The summed E-state index contributed by atoms with van der Waals surface area (Å²) in [6, 6.07) is 2.86. The Bertz CT molecular complexity index is 668. The van der Waals surface area contributed by atoms with Crippen molar-refractivity contribution in [2.24, 2.45) is 0 Å². The standard InChI is InChI=1S/C15H15F3N2O3/c1-3-23-13(21)11-8(2)19-14(22)20-12(11)9-5-4-6-10(7-9)15(16,17)18/h4-7,12H,3H2,1-2H3,(H2,19,20,22). The predicted molar refractivity (Wildman–Crippen MR) is 75.2 cm³/mol. The molecule has 1 atom stereocenters. The number of ether oxygens (including phenoxy) is 1. The van der Waals surface area contributed by atoms with Crippen molar-refractivity contribution in [3.63, 3.8) is 0 Å². The molecule has 0 aromatic heterocycles. The first-order chi connectivity index (χ1) is 10.7. The topological polar surface area (TPSA) is 67.4 Å². The molecule has 0 fully saturated rings. The Balaban J connectivity index is 2.48. The molecule has 2 N–H and O–H groups in total. The number of nitrogens with one attached hydrogen (secondary N) is 2. The van der Waals surface area contributed by atoms with Gasteiger partial charge in [0, 0.05) is 5.70 Å². The van der Waals surface area contributed by atoms with E-state index >= 15 is 0 Å². The molecule has 5 nitrogen and oxygen atoms in total. The number of urea groups is 1. The van der Waals surface area contributed by atoms with Gasteiger partial charge < -0.3 is 15.4 Å². The Hall–Kier alpha value is -2.51. The van der Waals surface area contributed by atoms with Crippen LogP contribution in [0.3, 0.4) is 0 Å². The number of amides is 2. The van der Waals surface area contributed by atoms with Crippen LogP contribution in [0.15, 0.2) is 35.5 Å². The van der Waals surface area contributed by atoms with Gasteiger partial charge in [0.2, 0.25) is 0 Å². The average molecular weight is 328 g/mol. The van der Waals surface area contributed by atoms with Crippen molar-refractivity contribution in [2.75, 3.05) is 6.61 Å². The molecule has 1 aliphatic heterocycles. The lowest BCUT2D eigenvalue weighted by molar-refractivity contribution is -0.139. The van der Waals surface area contributed by atoms with E-state index in [1.54, 1.807) is 6.92 Å². The summed E-state index contributed by atoms with van der Waals surface area (Å²) in [5.74, 6) is -0.695. The fourth-order valence-corrected chi connectivity index (χ4v) is 2.32. The normalized spacial score (nSPS) is 18.3. The highest BCUT2D eigenvalue weighted by Gasteiger charge is 2.35. The van der Waals surface area contributed by atoms with Crippen LogP contribution >= 0.6 is 0 Å². The first kappa shape index (κ1) is 16.9. The zero-order valence-corrected chi connectivity index (χ0v) is 12.5. The van der Waals surface area contributed by atoms with Crippen LogP contribution in [-0.2, 0) is 15.7 Å². The van der Waals surface area contributed by atoms with Crippen LogP contribution in [-0.4, -0.2) is 18.6 Å². The van der Waals surface area contributed by atoms with Gasteiger partial charge in [-0.3, -0.25) is 0 Å². The Morgan fingerprint density at radius 1 is 1.35 bits per heavy atom. The smallest absolute Gasteiger partial charge is 0.416 e. The molecule has 8 heteroatoms. The van der Waals surface area contributed by atoms with Gasteiger partial charge in [0.15, 0.2) is 0 Å². The minimum Gasteiger partial charge on any atom is -0.463 e. The van der Waals surface area contributed by atoms with Crippen molar-refractivity contribution in [2.45, 2.75) is 26.1 Å². The Morgan fingerprint density at radius 3 is 2.65 bits per heavy atom. The second-order valence-corrected chi connectivity index (χ2v) is 4.91. The van der Waals surface area contributed by atoms with Crippen LogP contribution in [0.1, 0.15) is 31.0 Å². The molecule has 0 saturated heterocycles. The Labute approximate surface area is 130 Å². The highest BCUT2D eigenvalue weighted by molar-refractivity contribution is 5.95. The summed E-state index contributed by atoms with van der Waals surface area (Å²) in [5, 5.41) is 4.87. The number of carbonyl (C=O) groups excluding carboxylic acids is 2. The summed E-state index contributed by atoms with van der Waals surface area (Å²) in [6.45, 7) is 3.21. The van der Waals surface area contributed by atoms with Gasteiger partial charge in [0.05, 0.1) is 23.8 Å². The van der Waals surface area contributed by atoms with E-state index in [0.29, 0.717) is 0 Å². The van der Waals surface area contributed by atoms with Crippen LogP contribution in [0.25, 0.3) is 0 Å². The van der Waals surface area contributed by atoms with E-state index in [0.717, 1.165) is 12.1 Å². The van der Waals surface area contributed by atoms with Gasteiger partial charge in [-0.1, -0.05) is 12.1 Å². The maximum absolute atomic E-state index is 12.9. The summed E-state index contributed by atoms with van der Waals surface area (Å²) >= 11 is 0. The van der Waals surface area contributed by atoms with Crippen molar-refractivity contribution < 1.29 is 27.5 Å². The first-order valence-corrected chi connectivity index (χ1v) is 6.86. The molecule has 1 heterocycles. The molecule has 2 rings (SSSR count). The highest BCUT2D eigenvalue weighted by atomic mass is 19.4. The van der Waals surface area contributed by atoms with Crippen molar-refractivity contribution in [3.8, 4) is 0 Å². The number of hydrogen-bond donors (Lipinski definition) is 2. The molecule has 2 amide bonds. The van der Waals surface area contributed by atoms with E-state index < -0.39 is 29.8 Å². The largest absolute Gasteiger partial charge is 0.463 e. The van der Waals surface area contributed by atoms with Gasteiger partial charge in [0.1, 0.15) is 0 Å². The number of allylic oxidation sites excluding steroid dienone is 1. The Kier molecular flexibility index (Phi) is 4.63. The van der Waals surface area contributed by atoms with E-state index in [9.17, 15) is 22.8 Å². The van der Waals surface area contributed by atoms with Crippen LogP contribution < -0.4 is 10.6 Å². The predicted octanol–water partition coefficient (Wildman–Crippen LogP) is 2.90. The number of rotatable bonds is 3. The summed E-state index contributed by atoms with van der Waals surface area (Å²) in [5.41, 5.74) is -0.388. The molecule has 1 aromatic rings. The van der Waals surface area contributed by atoms with E-state index in [2.05, 4.69) is 10.6 Å². The summed E-state index contributed by atoms with van der Waals surface area (Å²) in [4.78, 5) is 23.7. The van der Waals surface area contributed by atoms with E-state index in [1.807, 2.05) is 0 Å². The maximum atomic E-state index is 12.9. The molecule has 1 aliphatic rings. The second-order valence-electron chi connectivity index (χ2n) is 4.91. The fourth-order valence-electron chi connectivity index (χ4n) is 2.32. The van der Waals surface area contributed by atoms with Gasteiger partial charge in [-0.15, -0.1) is 0 Å². The summed E-state index contributed by atoms with van der Waals surface area (Å²) < 4.78 is 43.5. The molecule has 0 saturated carbocycles. The molecule has 23 heavy (non-hydrogen) atoms. The molecular formula is C15H15F3N2O3. The first-order valence-electron chi connectivity index (χ1n) is 6.86. The average Bonchev–Trinajstić information content (AvgIpc) is 2.45. The second kappa shape index (κ2) is 6.31. The van der Waals surface area contributed by atoms with Gasteiger partial charge in [-0.25, -0.2) is 9.59 Å². The number of alkyl halides is 3. The Morgan fingerprint density at radius 2 is 2.04 bits per heavy atom. The van der Waals surface area contributed by atoms with Crippen LogP contribution in [0, 0.1) is 0 Å². The number of benzene rings is 1. The molecule has 0 aliphatic carbocycles. The van der Waals surface area contributed by atoms with Crippen LogP contribution in [0.4, 0.5) is 18.0 Å². The number of carbonyl (C=O) groups is 2. The van der Waals surface area contributed by atoms with Crippen molar-refractivity contribution in [3.05, 3.63) is 46.7 Å². The maximum Gasteiger partial charge on any atom is 0.416 e. The van der Waals surface area contributed by atoms with E-state index in [-0.39, 0.29) is 23.4 Å². The summed E-state index contributed by atoms with van der Waals surface area (Å²) in [6.07, 6.45) is -4.52. The minimum absolute atomic E-state index is 0.0748. The number of halogens is 3. The lowest BCUT2D eigenvalue weighted by Crippen LogP contribution is -2.45. The van der Waals surface area contributed by atoms with Gasteiger partial charge >= 0.3 is 18.2 Å². The van der Waals surface area contributed by atoms with Crippen LogP contribution in [0.5, 0.6) is 0 Å². The summed E-state index contributed by atoms with van der Waals surface area (Å²) in [7, 11) is 0. The fraction of sp³-hybridized carbons (Fsp3) is 0.333. The monoisotopic (exact) mass is 328 g/mol. The zero-order chi connectivity index (χ0) is 17.2. The van der Waals surface area contributed by atoms with E-state index in [4.69, 9.17) is 4.74 Å². The lowest BCUT2D eigenvalue weighted by atomic mass is 9.94. The molecule has 1 unspecified atom stereocenters. The van der Waals surface area contributed by atoms with Gasteiger partial charge in [0.25, 0.3) is 0 Å². The van der Waals surface area contributed by atoms with Crippen LogP contribution in [0.2, 0.25) is 0 Å². The van der Waals surface area contributed by atoms with Crippen molar-refractivity contribution >= 4 is 12.0 Å². The SMILES string of the molecule is CCOC(=O)C1=C(C)NC(=O)NC1c1cccc(C(F)(F)F)c1.